The molecule has 0 radical (unpaired) electrons. The predicted molar refractivity (Wildman–Crippen MR) is 75.8 cm³/mol. The molecule has 102 valence electrons. The van der Waals surface area contributed by atoms with Gasteiger partial charge in [0.05, 0.1) is 4.90 Å². The average molecular weight is 310 g/mol. The van der Waals surface area contributed by atoms with Gasteiger partial charge < -0.3 is 0 Å². The zero-order valence-electron chi connectivity index (χ0n) is 10.5. The van der Waals surface area contributed by atoms with E-state index in [1.165, 1.54) is 22.5 Å². The van der Waals surface area contributed by atoms with Crippen LogP contribution in [0.1, 0.15) is 26.7 Å². The van der Waals surface area contributed by atoms with Gasteiger partial charge in [-0.2, -0.15) is 4.31 Å². The highest BCUT2D eigenvalue weighted by Gasteiger charge is 2.27. The summed E-state index contributed by atoms with van der Waals surface area (Å²) in [5.74, 6) is 0. The highest BCUT2D eigenvalue weighted by molar-refractivity contribution is 7.89. The molecule has 1 heterocycles. The Hall–Kier alpha value is -0.290. The molecule has 0 saturated carbocycles. The number of sulfonamides is 1. The van der Waals surface area contributed by atoms with E-state index in [0.717, 1.165) is 12.8 Å². The number of rotatable bonds is 2. The molecule has 0 unspecified atom stereocenters. The van der Waals surface area contributed by atoms with Gasteiger partial charge in [0, 0.05) is 23.1 Å². The first-order valence-corrected chi connectivity index (χ1v) is 8.16. The lowest BCUT2D eigenvalue weighted by molar-refractivity contribution is 0.477. The molecule has 0 aromatic heterocycles. The van der Waals surface area contributed by atoms with Gasteiger partial charge in [-0.05, 0) is 31.0 Å². The first-order valence-electron chi connectivity index (χ1n) is 5.96. The van der Waals surface area contributed by atoms with E-state index >= 15 is 0 Å². The van der Waals surface area contributed by atoms with Crippen LogP contribution < -0.4 is 0 Å². The van der Waals surface area contributed by atoms with Crippen LogP contribution in [-0.2, 0) is 10.0 Å². The Kier molecular flexibility index (Phi) is 5.92. The van der Waals surface area contributed by atoms with Crippen molar-refractivity contribution in [2.24, 2.45) is 0 Å². The molecule has 0 N–H and O–H groups in total. The van der Waals surface area contributed by atoms with Crippen molar-refractivity contribution >= 4 is 33.2 Å². The Morgan fingerprint density at radius 3 is 1.89 bits per heavy atom. The van der Waals surface area contributed by atoms with E-state index < -0.39 is 10.0 Å². The fraction of sp³-hybridized carbons (Fsp3) is 0.500. The van der Waals surface area contributed by atoms with Crippen LogP contribution in [0.15, 0.2) is 23.1 Å². The van der Waals surface area contributed by atoms with Gasteiger partial charge in [0.15, 0.2) is 0 Å². The van der Waals surface area contributed by atoms with E-state index in [1.54, 1.807) is 0 Å². The van der Waals surface area contributed by atoms with Crippen molar-refractivity contribution in [2.45, 2.75) is 31.6 Å². The largest absolute Gasteiger partial charge is 0.243 e. The smallest absolute Gasteiger partial charge is 0.207 e. The Balaban J connectivity index is 0.000000771. The van der Waals surface area contributed by atoms with E-state index in [-0.39, 0.29) is 4.90 Å². The van der Waals surface area contributed by atoms with Gasteiger partial charge in [-0.1, -0.05) is 37.0 Å². The van der Waals surface area contributed by atoms with Gasteiger partial charge in [0.2, 0.25) is 10.0 Å². The van der Waals surface area contributed by atoms with Crippen LogP contribution in [-0.4, -0.2) is 25.8 Å². The molecule has 0 spiro atoms. The lowest BCUT2D eigenvalue weighted by Gasteiger charge is -2.15. The minimum absolute atomic E-state index is 0.173. The van der Waals surface area contributed by atoms with E-state index in [9.17, 15) is 8.42 Å². The molecule has 1 aliphatic heterocycles. The average Bonchev–Trinajstić information content (AvgIpc) is 2.84. The molecule has 0 atom stereocenters. The van der Waals surface area contributed by atoms with E-state index in [1.807, 2.05) is 13.8 Å². The third kappa shape index (κ3) is 3.60. The molecule has 0 amide bonds. The van der Waals surface area contributed by atoms with Gasteiger partial charge in [-0.25, -0.2) is 8.42 Å². The van der Waals surface area contributed by atoms with E-state index in [0.29, 0.717) is 23.1 Å². The quantitative estimate of drug-likeness (QED) is 0.833. The molecule has 1 aromatic rings. The summed E-state index contributed by atoms with van der Waals surface area (Å²) in [5, 5.41) is 0.676. The topological polar surface area (TPSA) is 37.4 Å². The highest BCUT2D eigenvalue weighted by Crippen LogP contribution is 2.26. The van der Waals surface area contributed by atoms with Crippen LogP contribution >= 0.6 is 23.2 Å². The normalized spacial score (nSPS) is 16.2. The van der Waals surface area contributed by atoms with Crippen molar-refractivity contribution < 1.29 is 8.42 Å². The standard InChI is InChI=1S/C10H11Cl2NO2S.C2H6/c11-8-5-9(12)7-10(6-8)16(14,15)13-3-1-2-4-13;1-2/h5-7H,1-4H2;1-2H3. The molecule has 3 nitrogen and oxygen atoms in total. The first-order chi connectivity index (χ1) is 8.50. The van der Waals surface area contributed by atoms with Crippen molar-refractivity contribution in [1.29, 1.82) is 0 Å². The molecular formula is C12H17Cl2NO2S. The van der Waals surface area contributed by atoms with Crippen LogP contribution in [0.3, 0.4) is 0 Å². The third-order valence-corrected chi connectivity index (χ3v) is 4.85. The molecule has 6 heteroatoms. The fourth-order valence-corrected chi connectivity index (χ4v) is 4.00. The summed E-state index contributed by atoms with van der Waals surface area (Å²) in [5.41, 5.74) is 0. The van der Waals surface area contributed by atoms with Crippen molar-refractivity contribution in [3.63, 3.8) is 0 Å². The van der Waals surface area contributed by atoms with Crippen LogP contribution in [0.25, 0.3) is 0 Å². The Bertz CT molecular complexity index is 477. The Morgan fingerprint density at radius 1 is 1.00 bits per heavy atom. The first kappa shape index (κ1) is 15.8. The second-order valence-electron chi connectivity index (χ2n) is 3.72. The van der Waals surface area contributed by atoms with Gasteiger partial charge in [0.25, 0.3) is 0 Å². The van der Waals surface area contributed by atoms with Crippen LogP contribution in [0.4, 0.5) is 0 Å². The summed E-state index contributed by atoms with van der Waals surface area (Å²) >= 11 is 11.6. The second-order valence-corrected chi connectivity index (χ2v) is 6.53. The second kappa shape index (κ2) is 6.75. The fourth-order valence-electron chi connectivity index (χ4n) is 1.76. The number of hydrogen-bond donors (Lipinski definition) is 0. The van der Waals surface area contributed by atoms with Crippen molar-refractivity contribution in [3.05, 3.63) is 28.2 Å². The summed E-state index contributed by atoms with van der Waals surface area (Å²) in [6, 6.07) is 4.38. The molecule has 2 rings (SSSR count). The van der Waals surface area contributed by atoms with Gasteiger partial charge in [-0.15, -0.1) is 0 Å². The zero-order chi connectivity index (χ0) is 13.8. The maximum absolute atomic E-state index is 12.1. The summed E-state index contributed by atoms with van der Waals surface area (Å²) in [4.78, 5) is 0.173. The number of halogens is 2. The predicted octanol–water partition coefficient (Wildman–Crippen LogP) is 3.80. The summed E-state index contributed by atoms with van der Waals surface area (Å²) < 4.78 is 25.8. The minimum atomic E-state index is -3.42. The molecule has 18 heavy (non-hydrogen) atoms. The van der Waals surface area contributed by atoms with Crippen LogP contribution in [0, 0.1) is 0 Å². The minimum Gasteiger partial charge on any atom is -0.207 e. The third-order valence-electron chi connectivity index (χ3n) is 2.54. The van der Waals surface area contributed by atoms with E-state index in [4.69, 9.17) is 23.2 Å². The molecule has 0 aliphatic carbocycles. The van der Waals surface area contributed by atoms with Gasteiger partial charge in [0.1, 0.15) is 0 Å². The molecule has 1 fully saturated rings. The molecule has 0 bridgehead atoms. The molecule has 1 saturated heterocycles. The van der Waals surface area contributed by atoms with Crippen LogP contribution in [0.2, 0.25) is 10.0 Å². The van der Waals surface area contributed by atoms with Crippen LogP contribution in [0.5, 0.6) is 0 Å². The molecule has 1 aliphatic rings. The number of nitrogens with zero attached hydrogens (tertiary/aromatic N) is 1. The van der Waals surface area contributed by atoms with Gasteiger partial charge in [-0.3, -0.25) is 0 Å². The van der Waals surface area contributed by atoms with Crippen molar-refractivity contribution in [3.8, 4) is 0 Å². The number of hydrogen-bond acceptors (Lipinski definition) is 2. The maximum Gasteiger partial charge on any atom is 0.243 e. The molecule has 1 aromatic carbocycles. The van der Waals surface area contributed by atoms with Gasteiger partial charge >= 0.3 is 0 Å². The summed E-state index contributed by atoms with van der Waals surface area (Å²) in [6.45, 7) is 5.15. The number of benzene rings is 1. The summed E-state index contributed by atoms with van der Waals surface area (Å²) in [7, 11) is -3.42. The Labute approximate surface area is 119 Å². The van der Waals surface area contributed by atoms with E-state index in [2.05, 4.69) is 0 Å². The zero-order valence-corrected chi connectivity index (χ0v) is 12.8. The Morgan fingerprint density at radius 2 is 1.44 bits per heavy atom. The van der Waals surface area contributed by atoms with Crippen molar-refractivity contribution in [1.82, 2.24) is 4.31 Å². The lowest BCUT2D eigenvalue weighted by atomic mass is 10.4. The van der Waals surface area contributed by atoms with Crippen molar-refractivity contribution in [2.75, 3.05) is 13.1 Å². The molecular weight excluding hydrogens is 293 g/mol. The maximum atomic E-state index is 12.1. The lowest BCUT2D eigenvalue weighted by Crippen LogP contribution is -2.27. The highest BCUT2D eigenvalue weighted by atomic mass is 35.5. The summed E-state index contributed by atoms with van der Waals surface area (Å²) in [6.07, 6.45) is 1.82. The SMILES string of the molecule is CC.O=S(=O)(c1cc(Cl)cc(Cl)c1)N1CCCC1. The monoisotopic (exact) mass is 309 g/mol.